The third-order valence-electron chi connectivity index (χ3n) is 4.38. The fourth-order valence-corrected chi connectivity index (χ4v) is 2.94. The molecular weight excluding hydrogens is 376 g/mol. The Kier molecular flexibility index (Phi) is 5.75. The Bertz CT molecular complexity index is 930. The van der Waals surface area contributed by atoms with Crippen LogP contribution in [0.4, 0.5) is 0 Å². The molecule has 0 spiro atoms. The molecule has 1 aliphatic rings. The van der Waals surface area contributed by atoms with Gasteiger partial charge in [0.25, 0.3) is 11.8 Å². The predicted molar refractivity (Wildman–Crippen MR) is 110 cm³/mol. The summed E-state index contributed by atoms with van der Waals surface area (Å²) in [4.78, 5) is 27.5. The monoisotopic (exact) mass is 396 g/mol. The minimum Gasteiger partial charge on any atom is -0.493 e. The number of hydrogen-bond donors (Lipinski definition) is 0. The third kappa shape index (κ3) is 3.89. The maximum atomic E-state index is 12.5. The van der Waals surface area contributed by atoms with Crippen molar-refractivity contribution in [1.29, 1.82) is 0 Å². The van der Waals surface area contributed by atoms with E-state index in [1.807, 2.05) is 30.3 Å². The van der Waals surface area contributed by atoms with Gasteiger partial charge in [-0.2, -0.15) is 0 Å². The van der Waals surface area contributed by atoms with Crippen molar-refractivity contribution >= 4 is 35.2 Å². The van der Waals surface area contributed by atoms with Gasteiger partial charge in [-0.25, -0.2) is 0 Å². The van der Waals surface area contributed by atoms with E-state index in [9.17, 15) is 9.59 Å². The van der Waals surface area contributed by atoms with Crippen LogP contribution in [0, 0.1) is 0 Å². The summed E-state index contributed by atoms with van der Waals surface area (Å²) in [5.41, 5.74) is 1.70. The summed E-state index contributed by atoms with van der Waals surface area (Å²) in [7, 11) is 4.65. The van der Waals surface area contributed by atoms with Gasteiger partial charge in [0.2, 0.25) is 0 Å². The van der Waals surface area contributed by atoms with Gasteiger partial charge in [0.15, 0.2) is 16.6 Å². The van der Waals surface area contributed by atoms with Crippen molar-refractivity contribution in [1.82, 2.24) is 9.80 Å². The van der Waals surface area contributed by atoms with E-state index >= 15 is 0 Å². The van der Waals surface area contributed by atoms with Crippen molar-refractivity contribution in [3.05, 3.63) is 65.2 Å². The molecular formula is C21H20N2O4S. The van der Waals surface area contributed by atoms with E-state index in [4.69, 9.17) is 21.7 Å². The quantitative estimate of drug-likeness (QED) is 0.442. The average molecular weight is 396 g/mol. The van der Waals surface area contributed by atoms with E-state index in [1.165, 1.54) is 15.9 Å². The van der Waals surface area contributed by atoms with Crippen LogP contribution in [0.5, 0.6) is 11.5 Å². The van der Waals surface area contributed by atoms with Crippen LogP contribution in [0.3, 0.4) is 0 Å². The molecule has 0 bridgehead atoms. The zero-order valence-electron chi connectivity index (χ0n) is 15.8. The van der Waals surface area contributed by atoms with E-state index in [2.05, 4.69) is 0 Å². The van der Waals surface area contributed by atoms with Crippen LogP contribution in [0.15, 0.2) is 54.1 Å². The van der Waals surface area contributed by atoms with Crippen molar-refractivity contribution in [2.24, 2.45) is 0 Å². The Hall–Kier alpha value is -3.19. The Morgan fingerprint density at radius 2 is 1.61 bits per heavy atom. The van der Waals surface area contributed by atoms with Crippen LogP contribution in [-0.4, -0.2) is 47.9 Å². The number of carbonyl (C=O) groups excluding carboxylic acids is 2. The number of carbonyl (C=O) groups is 2. The van der Waals surface area contributed by atoms with E-state index in [1.54, 1.807) is 39.4 Å². The maximum absolute atomic E-state index is 12.5. The lowest BCUT2D eigenvalue weighted by Gasteiger charge is -2.31. The second kappa shape index (κ2) is 8.22. The Morgan fingerprint density at radius 1 is 0.964 bits per heavy atom. The number of likely N-dealkylation sites (N-methyl/N-ethyl adjacent to an activating group) is 2. The van der Waals surface area contributed by atoms with Gasteiger partial charge in [0.1, 0.15) is 12.2 Å². The second-order valence-electron chi connectivity index (χ2n) is 6.25. The first-order valence-electron chi connectivity index (χ1n) is 8.59. The highest BCUT2D eigenvalue weighted by atomic mass is 32.1. The highest BCUT2D eigenvalue weighted by Gasteiger charge is 2.35. The van der Waals surface area contributed by atoms with Gasteiger partial charge in [-0.05, 0) is 41.6 Å². The summed E-state index contributed by atoms with van der Waals surface area (Å²) < 4.78 is 11.2. The zero-order valence-corrected chi connectivity index (χ0v) is 16.7. The third-order valence-corrected chi connectivity index (χ3v) is 4.93. The molecule has 2 amide bonds. The molecule has 144 valence electrons. The van der Waals surface area contributed by atoms with Crippen LogP contribution in [0.25, 0.3) is 6.08 Å². The molecule has 0 radical (unpaired) electrons. The Labute approximate surface area is 169 Å². The van der Waals surface area contributed by atoms with Crippen LogP contribution >= 0.6 is 12.2 Å². The maximum Gasteiger partial charge on any atom is 0.265 e. The lowest BCUT2D eigenvalue weighted by Crippen LogP contribution is -2.52. The molecule has 2 aromatic rings. The number of amides is 2. The first-order chi connectivity index (χ1) is 13.4. The normalized spacial score (nSPS) is 14.4. The van der Waals surface area contributed by atoms with Crippen LogP contribution in [0.1, 0.15) is 11.1 Å². The van der Waals surface area contributed by atoms with Crippen LogP contribution < -0.4 is 9.47 Å². The smallest absolute Gasteiger partial charge is 0.265 e. The number of thiocarbonyl (C=S) groups is 1. The molecule has 1 heterocycles. The molecule has 0 atom stereocenters. The highest BCUT2D eigenvalue weighted by molar-refractivity contribution is 7.80. The lowest BCUT2D eigenvalue weighted by atomic mass is 10.1. The molecule has 3 rings (SSSR count). The minimum absolute atomic E-state index is 0.0396. The standard InChI is InChI=1S/C21H20N2O4S/c1-22-19(24)16(20(25)23(2)21(22)28)11-15-9-10-17(26-3)18(12-15)27-13-14-7-5-4-6-8-14/h4-12H,13H2,1-3H3. The van der Waals surface area contributed by atoms with Crippen molar-refractivity contribution in [2.45, 2.75) is 6.61 Å². The molecule has 28 heavy (non-hydrogen) atoms. The molecule has 1 aliphatic heterocycles. The molecule has 2 aromatic carbocycles. The van der Waals surface area contributed by atoms with Gasteiger partial charge in [-0.15, -0.1) is 0 Å². The highest BCUT2D eigenvalue weighted by Crippen LogP contribution is 2.30. The van der Waals surface area contributed by atoms with Gasteiger partial charge in [-0.3, -0.25) is 19.4 Å². The van der Waals surface area contributed by atoms with E-state index in [0.29, 0.717) is 23.7 Å². The minimum atomic E-state index is -0.435. The molecule has 1 fully saturated rings. The summed E-state index contributed by atoms with van der Waals surface area (Å²) in [5, 5.41) is 0.175. The Balaban J connectivity index is 1.90. The summed E-state index contributed by atoms with van der Waals surface area (Å²) in [6.45, 7) is 0.370. The van der Waals surface area contributed by atoms with Gasteiger partial charge < -0.3 is 9.47 Å². The fraction of sp³-hybridized carbons (Fsp3) is 0.190. The fourth-order valence-electron chi connectivity index (χ4n) is 2.77. The van der Waals surface area contributed by atoms with Crippen molar-refractivity contribution in [3.63, 3.8) is 0 Å². The van der Waals surface area contributed by atoms with Gasteiger partial charge >= 0.3 is 0 Å². The molecule has 7 heteroatoms. The van der Waals surface area contributed by atoms with E-state index in [-0.39, 0.29) is 10.7 Å². The molecule has 0 N–H and O–H groups in total. The largest absolute Gasteiger partial charge is 0.493 e. The predicted octanol–water partition coefficient (Wildman–Crippen LogP) is 2.87. The molecule has 0 aliphatic carbocycles. The number of rotatable bonds is 5. The number of ether oxygens (including phenoxy) is 2. The first-order valence-corrected chi connectivity index (χ1v) is 8.99. The number of hydrogen-bond acceptors (Lipinski definition) is 5. The van der Waals surface area contributed by atoms with Crippen LogP contribution in [-0.2, 0) is 16.2 Å². The summed E-state index contributed by atoms with van der Waals surface area (Å²) in [6.07, 6.45) is 1.54. The summed E-state index contributed by atoms with van der Waals surface area (Å²) >= 11 is 5.10. The molecule has 0 unspecified atom stereocenters. The van der Waals surface area contributed by atoms with Crippen molar-refractivity contribution in [2.75, 3.05) is 21.2 Å². The molecule has 6 nitrogen and oxygen atoms in total. The number of nitrogens with zero attached hydrogens (tertiary/aromatic N) is 2. The summed E-state index contributed by atoms with van der Waals surface area (Å²) in [5.74, 6) is 0.217. The molecule has 1 saturated heterocycles. The molecule has 0 aromatic heterocycles. The van der Waals surface area contributed by atoms with Gasteiger partial charge in [-0.1, -0.05) is 36.4 Å². The summed E-state index contributed by atoms with van der Waals surface area (Å²) in [6, 6.07) is 15.0. The first kappa shape index (κ1) is 19.6. The van der Waals surface area contributed by atoms with Gasteiger partial charge in [0.05, 0.1) is 7.11 Å². The van der Waals surface area contributed by atoms with Crippen molar-refractivity contribution in [3.8, 4) is 11.5 Å². The zero-order chi connectivity index (χ0) is 20.3. The van der Waals surface area contributed by atoms with Gasteiger partial charge in [0, 0.05) is 14.1 Å². The van der Waals surface area contributed by atoms with Crippen LogP contribution in [0.2, 0.25) is 0 Å². The Morgan fingerprint density at radius 3 is 2.21 bits per heavy atom. The number of benzene rings is 2. The molecule has 0 saturated carbocycles. The van der Waals surface area contributed by atoms with Crippen molar-refractivity contribution < 1.29 is 19.1 Å². The topological polar surface area (TPSA) is 59.1 Å². The van der Waals surface area contributed by atoms with E-state index in [0.717, 1.165) is 5.56 Å². The SMILES string of the molecule is COc1ccc(C=C2C(=O)N(C)C(=S)N(C)C2=O)cc1OCc1ccccc1. The number of methoxy groups -OCH3 is 1. The average Bonchev–Trinajstić information content (AvgIpc) is 2.73. The van der Waals surface area contributed by atoms with E-state index < -0.39 is 11.8 Å². The second-order valence-corrected chi connectivity index (χ2v) is 6.62. The lowest BCUT2D eigenvalue weighted by molar-refractivity contribution is -0.132.